The van der Waals surface area contributed by atoms with Gasteiger partial charge in [0.2, 0.25) is 5.95 Å². The summed E-state index contributed by atoms with van der Waals surface area (Å²) in [6, 6.07) is 13.9. The van der Waals surface area contributed by atoms with Crippen LogP contribution in [0.1, 0.15) is 13.3 Å². The Hall–Kier alpha value is -2.49. The first kappa shape index (κ1) is 22.7. The Morgan fingerprint density at radius 1 is 1.12 bits per heavy atom. The number of halogens is 1. The van der Waals surface area contributed by atoms with Gasteiger partial charge in [-0.15, -0.1) is 12.6 Å². The zero-order valence-electron chi connectivity index (χ0n) is 17.8. The number of hydrogen-bond acceptors (Lipinski definition) is 8. The Morgan fingerprint density at radius 2 is 1.94 bits per heavy atom. The third kappa shape index (κ3) is 5.65. The number of ether oxygens (including phenoxy) is 2. The maximum absolute atomic E-state index is 6.04. The molecule has 2 N–H and O–H groups in total. The number of nitrogens with one attached hydrogen (secondary N) is 2. The maximum Gasteiger partial charge on any atom is 0.229 e. The highest BCUT2D eigenvalue weighted by Crippen LogP contribution is 2.33. The van der Waals surface area contributed by atoms with E-state index in [9.17, 15) is 0 Å². The van der Waals surface area contributed by atoms with Gasteiger partial charge in [-0.25, -0.2) is 4.98 Å². The predicted octanol–water partition coefficient (Wildman–Crippen LogP) is 5.64. The number of morpholine rings is 1. The van der Waals surface area contributed by atoms with Crippen LogP contribution in [0, 0.1) is 0 Å². The van der Waals surface area contributed by atoms with E-state index < -0.39 is 0 Å². The van der Waals surface area contributed by atoms with Crippen LogP contribution >= 0.6 is 28.6 Å². The number of nitrogens with zero attached hydrogens (tertiary/aromatic N) is 3. The van der Waals surface area contributed by atoms with Crippen LogP contribution in [0.2, 0.25) is 0 Å². The molecule has 1 aliphatic rings. The molecule has 9 heteroatoms. The fourth-order valence-corrected chi connectivity index (χ4v) is 3.81. The van der Waals surface area contributed by atoms with Gasteiger partial charge in [0.1, 0.15) is 11.6 Å². The Balaban J connectivity index is 1.57. The first-order valence-electron chi connectivity index (χ1n) is 10.6. The standard InChI is InChI=1S/C23H26BrN5O2S/c1-2-11-31-20-14-16(29-9-12-30-13-10-29)7-8-18(20)27-23-25-15-17(24)22(28-23)26-19-5-3-4-6-21(19)32/h3-8,14-15,32H,2,9-13H2,1H3,(H2,25,26,27,28). The van der Waals surface area contributed by atoms with E-state index in [4.69, 9.17) is 9.47 Å². The highest BCUT2D eigenvalue weighted by molar-refractivity contribution is 9.10. The van der Waals surface area contributed by atoms with Crippen molar-refractivity contribution in [2.24, 2.45) is 0 Å². The first-order valence-corrected chi connectivity index (χ1v) is 11.8. The molecule has 2 heterocycles. The molecule has 0 aliphatic carbocycles. The average molecular weight is 516 g/mol. The molecule has 168 valence electrons. The average Bonchev–Trinajstić information content (AvgIpc) is 2.82. The molecular formula is C23H26BrN5O2S. The second-order valence-electron chi connectivity index (χ2n) is 7.29. The van der Waals surface area contributed by atoms with Crippen LogP contribution in [0.25, 0.3) is 0 Å². The topological polar surface area (TPSA) is 71.5 Å². The van der Waals surface area contributed by atoms with Gasteiger partial charge in [0.05, 0.1) is 35.7 Å². The van der Waals surface area contributed by atoms with Crippen LogP contribution in [0.4, 0.5) is 28.8 Å². The predicted molar refractivity (Wildman–Crippen MR) is 135 cm³/mol. The first-order chi connectivity index (χ1) is 15.6. The molecule has 1 aliphatic heterocycles. The normalized spacial score (nSPS) is 13.7. The zero-order valence-corrected chi connectivity index (χ0v) is 20.3. The number of thiol groups is 1. The van der Waals surface area contributed by atoms with Crippen molar-refractivity contribution in [3.63, 3.8) is 0 Å². The Bertz CT molecular complexity index is 1060. The van der Waals surface area contributed by atoms with Crippen LogP contribution in [0.5, 0.6) is 5.75 Å². The molecule has 0 bridgehead atoms. The molecule has 2 aromatic carbocycles. The van der Waals surface area contributed by atoms with Gasteiger partial charge >= 0.3 is 0 Å². The smallest absolute Gasteiger partial charge is 0.229 e. The molecule has 0 amide bonds. The van der Waals surface area contributed by atoms with E-state index in [1.165, 1.54) is 0 Å². The van der Waals surface area contributed by atoms with Crippen molar-refractivity contribution in [1.82, 2.24) is 9.97 Å². The number of aromatic nitrogens is 2. The largest absolute Gasteiger partial charge is 0.491 e. The third-order valence-corrected chi connectivity index (χ3v) is 5.92. The molecular weight excluding hydrogens is 490 g/mol. The minimum absolute atomic E-state index is 0.466. The van der Waals surface area contributed by atoms with Crippen molar-refractivity contribution >= 4 is 57.4 Å². The summed E-state index contributed by atoms with van der Waals surface area (Å²) in [5.74, 6) is 1.88. The summed E-state index contributed by atoms with van der Waals surface area (Å²) < 4.78 is 12.3. The SMILES string of the molecule is CCCOc1cc(N2CCOCC2)ccc1Nc1ncc(Br)c(Nc2ccccc2S)n1. The summed E-state index contributed by atoms with van der Waals surface area (Å²) in [6.07, 6.45) is 2.64. The van der Waals surface area contributed by atoms with Gasteiger partial charge in [0, 0.05) is 35.9 Å². The van der Waals surface area contributed by atoms with Crippen LogP contribution in [-0.2, 0) is 4.74 Å². The summed E-state index contributed by atoms with van der Waals surface area (Å²) in [5, 5.41) is 6.61. The molecule has 32 heavy (non-hydrogen) atoms. The number of para-hydroxylation sites is 1. The Labute approximate surface area is 202 Å². The van der Waals surface area contributed by atoms with Crippen molar-refractivity contribution in [3.05, 3.63) is 53.1 Å². The van der Waals surface area contributed by atoms with Crippen LogP contribution in [0.15, 0.2) is 58.0 Å². The van der Waals surface area contributed by atoms with E-state index in [-0.39, 0.29) is 0 Å². The second kappa shape index (κ2) is 10.9. The molecule has 0 spiro atoms. The third-order valence-electron chi connectivity index (χ3n) is 4.95. The van der Waals surface area contributed by atoms with Gasteiger partial charge in [-0.2, -0.15) is 4.98 Å². The molecule has 1 fully saturated rings. The van der Waals surface area contributed by atoms with Gasteiger partial charge < -0.3 is 25.0 Å². The number of rotatable bonds is 8. The van der Waals surface area contributed by atoms with E-state index in [0.717, 1.165) is 64.9 Å². The summed E-state index contributed by atoms with van der Waals surface area (Å²) in [4.78, 5) is 12.2. The fourth-order valence-electron chi connectivity index (χ4n) is 3.31. The lowest BCUT2D eigenvalue weighted by molar-refractivity contribution is 0.122. The van der Waals surface area contributed by atoms with Crippen molar-refractivity contribution in [1.29, 1.82) is 0 Å². The quantitative estimate of drug-likeness (QED) is 0.335. The molecule has 0 saturated carbocycles. The fraction of sp³-hybridized carbons (Fsp3) is 0.304. The van der Waals surface area contributed by atoms with Crippen LogP contribution in [0.3, 0.4) is 0 Å². The minimum Gasteiger partial charge on any atom is -0.491 e. The number of hydrogen-bond donors (Lipinski definition) is 3. The lowest BCUT2D eigenvalue weighted by atomic mass is 10.2. The Morgan fingerprint density at radius 3 is 2.72 bits per heavy atom. The molecule has 1 aromatic heterocycles. The van der Waals surface area contributed by atoms with E-state index in [2.05, 4.69) is 73.1 Å². The van der Waals surface area contributed by atoms with E-state index in [1.807, 2.05) is 30.3 Å². The van der Waals surface area contributed by atoms with Crippen LogP contribution in [-0.4, -0.2) is 42.9 Å². The van der Waals surface area contributed by atoms with Crippen molar-refractivity contribution in [3.8, 4) is 5.75 Å². The van der Waals surface area contributed by atoms with Gasteiger partial charge in [-0.05, 0) is 46.6 Å². The van der Waals surface area contributed by atoms with Crippen molar-refractivity contribution < 1.29 is 9.47 Å². The maximum atomic E-state index is 6.04. The number of benzene rings is 2. The van der Waals surface area contributed by atoms with E-state index in [1.54, 1.807) is 6.20 Å². The van der Waals surface area contributed by atoms with Gasteiger partial charge in [-0.3, -0.25) is 0 Å². The van der Waals surface area contributed by atoms with Gasteiger partial charge in [0.15, 0.2) is 0 Å². The minimum atomic E-state index is 0.466. The summed E-state index contributed by atoms with van der Waals surface area (Å²) in [6.45, 7) is 5.95. The zero-order chi connectivity index (χ0) is 22.3. The second-order valence-corrected chi connectivity index (χ2v) is 8.62. The number of anilines is 5. The lowest BCUT2D eigenvalue weighted by Crippen LogP contribution is -2.36. The summed E-state index contributed by atoms with van der Waals surface area (Å²) in [7, 11) is 0. The molecule has 7 nitrogen and oxygen atoms in total. The highest BCUT2D eigenvalue weighted by atomic mass is 79.9. The summed E-state index contributed by atoms with van der Waals surface area (Å²) >= 11 is 8.02. The van der Waals surface area contributed by atoms with Crippen molar-refractivity contribution in [2.45, 2.75) is 18.2 Å². The molecule has 4 rings (SSSR count). The van der Waals surface area contributed by atoms with Crippen LogP contribution < -0.4 is 20.3 Å². The molecule has 0 atom stereocenters. The van der Waals surface area contributed by atoms with Gasteiger partial charge in [0.25, 0.3) is 0 Å². The Kier molecular flexibility index (Phi) is 7.72. The van der Waals surface area contributed by atoms with Crippen molar-refractivity contribution in [2.75, 3.05) is 48.4 Å². The molecule has 0 radical (unpaired) electrons. The molecule has 1 saturated heterocycles. The lowest BCUT2D eigenvalue weighted by Gasteiger charge is -2.29. The summed E-state index contributed by atoms with van der Waals surface area (Å²) in [5.41, 5.74) is 2.80. The monoisotopic (exact) mass is 515 g/mol. The molecule has 0 unspecified atom stereocenters. The van der Waals surface area contributed by atoms with E-state index >= 15 is 0 Å². The highest BCUT2D eigenvalue weighted by Gasteiger charge is 2.15. The van der Waals surface area contributed by atoms with E-state index in [0.29, 0.717) is 18.4 Å². The molecule has 3 aromatic rings. The van der Waals surface area contributed by atoms with Gasteiger partial charge in [-0.1, -0.05) is 19.1 Å².